The molecule has 1 fully saturated rings. The molecule has 5 nitrogen and oxygen atoms in total. The molecule has 1 aliphatic rings. The number of rotatable bonds is 6. The van der Waals surface area contributed by atoms with Gasteiger partial charge in [-0.15, -0.1) is 0 Å². The fourth-order valence-corrected chi connectivity index (χ4v) is 4.11. The first-order chi connectivity index (χ1) is 14.7. The third-order valence-corrected chi connectivity index (χ3v) is 5.50. The molecule has 0 unspecified atom stereocenters. The first-order valence-corrected chi connectivity index (χ1v) is 10.3. The minimum Gasteiger partial charge on any atom is -0.342 e. The van der Waals surface area contributed by atoms with Gasteiger partial charge < -0.3 is 5.32 Å². The Hall–Kier alpha value is -3.12. The number of halogens is 1. The van der Waals surface area contributed by atoms with Gasteiger partial charge in [-0.2, -0.15) is 0 Å². The predicted octanol–water partition coefficient (Wildman–Crippen LogP) is 4.00. The van der Waals surface area contributed by atoms with Crippen LogP contribution in [0.25, 0.3) is 0 Å². The number of aromatic nitrogens is 2. The highest BCUT2D eigenvalue weighted by molar-refractivity contribution is 5.92. The van der Waals surface area contributed by atoms with Gasteiger partial charge in [0.05, 0.1) is 11.7 Å². The second kappa shape index (κ2) is 9.59. The lowest BCUT2D eigenvalue weighted by molar-refractivity contribution is 0.0870. The number of carbonyl (C=O) groups is 1. The molecule has 0 aliphatic carbocycles. The van der Waals surface area contributed by atoms with Crippen molar-refractivity contribution < 1.29 is 9.18 Å². The standard InChI is InChI=1S/C24H25FN4O/c25-20-9-5-7-18(15-20)16-29-14-6-8-19(17-29)23(21-10-1-3-12-26-21)28-24(30)22-11-2-4-13-27-22/h1-5,7,9-13,15,19,23H,6,8,14,16-17H2,(H,28,30)/t19-,23+/m0/s1. The predicted molar refractivity (Wildman–Crippen MR) is 113 cm³/mol. The van der Waals surface area contributed by atoms with Crippen LogP contribution in [0.4, 0.5) is 4.39 Å². The quantitative estimate of drug-likeness (QED) is 0.675. The summed E-state index contributed by atoms with van der Waals surface area (Å²) < 4.78 is 13.6. The molecule has 154 valence electrons. The molecule has 2 atom stereocenters. The van der Waals surface area contributed by atoms with Crippen LogP contribution in [-0.2, 0) is 6.54 Å². The summed E-state index contributed by atoms with van der Waals surface area (Å²) in [6.07, 6.45) is 5.38. The zero-order chi connectivity index (χ0) is 20.8. The van der Waals surface area contributed by atoms with E-state index < -0.39 is 0 Å². The fourth-order valence-electron chi connectivity index (χ4n) is 4.11. The van der Waals surface area contributed by atoms with Crippen LogP contribution in [0.15, 0.2) is 73.1 Å². The van der Waals surface area contributed by atoms with Gasteiger partial charge in [0.15, 0.2) is 0 Å². The number of carbonyl (C=O) groups excluding carboxylic acids is 1. The molecule has 1 amide bonds. The first kappa shape index (κ1) is 20.2. The van der Waals surface area contributed by atoms with E-state index in [9.17, 15) is 9.18 Å². The normalized spacial score (nSPS) is 18.0. The number of pyridine rings is 2. The summed E-state index contributed by atoms with van der Waals surface area (Å²) >= 11 is 0. The van der Waals surface area contributed by atoms with Gasteiger partial charge in [-0.3, -0.25) is 19.7 Å². The van der Waals surface area contributed by atoms with Crippen LogP contribution in [0.1, 0.15) is 40.6 Å². The van der Waals surface area contributed by atoms with Gasteiger partial charge in [0.1, 0.15) is 11.5 Å². The zero-order valence-electron chi connectivity index (χ0n) is 16.7. The molecule has 0 spiro atoms. The number of likely N-dealkylation sites (tertiary alicyclic amines) is 1. The molecular weight excluding hydrogens is 379 g/mol. The van der Waals surface area contributed by atoms with Crippen LogP contribution in [0.2, 0.25) is 0 Å². The molecule has 2 aromatic heterocycles. The number of piperidine rings is 1. The Morgan fingerprint density at radius 3 is 2.67 bits per heavy atom. The maximum absolute atomic E-state index is 13.6. The minimum absolute atomic E-state index is 0.200. The third-order valence-electron chi connectivity index (χ3n) is 5.50. The average molecular weight is 404 g/mol. The van der Waals surface area contributed by atoms with Gasteiger partial charge in [0.25, 0.3) is 5.91 Å². The number of hydrogen-bond acceptors (Lipinski definition) is 4. The summed E-state index contributed by atoms with van der Waals surface area (Å²) in [6, 6.07) is 17.6. The van der Waals surface area contributed by atoms with Crippen LogP contribution in [0, 0.1) is 11.7 Å². The third kappa shape index (κ3) is 5.07. The van der Waals surface area contributed by atoms with E-state index in [1.165, 1.54) is 6.07 Å². The Morgan fingerprint density at radius 1 is 1.10 bits per heavy atom. The maximum Gasteiger partial charge on any atom is 0.270 e. The molecule has 0 saturated carbocycles. The molecule has 0 radical (unpaired) electrons. The van der Waals surface area contributed by atoms with Crippen LogP contribution < -0.4 is 5.32 Å². The lowest BCUT2D eigenvalue weighted by atomic mass is 9.88. The van der Waals surface area contributed by atoms with Crippen molar-refractivity contribution in [3.8, 4) is 0 Å². The summed E-state index contributed by atoms with van der Waals surface area (Å²) in [6.45, 7) is 2.45. The molecular formula is C24H25FN4O. The Balaban J connectivity index is 1.52. The van der Waals surface area contributed by atoms with E-state index in [1.54, 1.807) is 42.7 Å². The van der Waals surface area contributed by atoms with Crippen molar-refractivity contribution in [3.63, 3.8) is 0 Å². The van der Waals surface area contributed by atoms with Gasteiger partial charge in [0.2, 0.25) is 0 Å². The molecule has 4 rings (SSSR count). The van der Waals surface area contributed by atoms with Gasteiger partial charge in [-0.25, -0.2) is 4.39 Å². The Kier molecular flexibility index (Phi) is 6.44. The van der Waals surface area contributed by atoms with Gasteiger partial charge >= 0.3 is 0 Å². The number of nitrogens with one attached hydrogen (secondary N) is 1. The summed E-state index contributed by atoms with van der Waals surface area (Å²) in [5, 5.41) is 3.16. The van der Waals surface area contributed by atoms with E-state index >= 15 is 0 Å². The first-order valence-electron chi connectivity index (χ1n) is 10.3. The second-order valence-corrected chi connectivity index (χ2v) is 7.69. The topological polar surface area (TPSA) is 58.1 Å². The molecule has 3 aromatic rings. The van der Waals surface area contributed by atoms with Crippen molar-refractivity contribution in [1.82, 2.24) is 20.2 Å². The monoisotopic (exact) mass is 404 g/mol. The Morgan fingerprint density at radius 2 is 1.93 bits per heavy atom. The molecule has 3 heterocycles. The van der Waals surface area contributed by atoms with E-state index in [4.69, 9.17) is 0 Å². The summed E-state index contributed by atoms with van der Waals surface area (Å²) in [5.41, 5.74) is 2.20. The number of nitrogens with zero attached hydrogens (tertiary/aromatic N) is 3. The number of benzene rings is 1. The molecule has 1 N–H and O–H groups in total. The molecule has 1 aliphatic heterocycles. The number of hydrogen-bond donors (Lipinski definition) is 1. The molecule has 0 bridgehead atoms. The van der Waals surface area contributed by atoms with Crippen molar-refractivity contribution >= 4 is 5.91 Å². The lowest BCUT2D eigenvalue weighted by Gasteiger charge is -2.37. The van der Waals surface area contributed by atoms with E-state index in [0.29, 0.717) is 12.2 Å². The average Bonchev–Trinajstić information content (AvgIpc) is 2.79. The van der Waals surface area contributed by atoms with Gasteiger partial charge in [-0.1, -0.05) is 24.3 Å². The zero-order valence-corrected chi connectivity index (χ0v) is 16.7. The SMILES string of the molecule is O=C(N[C@@H](c1ccccn1)[C@H]1CCCN(Cc2cccc(F)c2)C1)c1ccccn1. The van der Waals surface area contributed by atoms with Gasteiger partial charge in [0, 0.05) is 25.5 Å². The highest BCUT2D eigenvalue weighted by Crippen LogP contribution is 2.30. The summed E-state index contributed by atoms with van der Waals surface area (Å²) in [4.78, 5) is 23.8. The second-order valence-electron chi connectivity index (χ2n) is 7.69. The van der Waals surface area contributed by atoms with Crippen LogP contribution in [0.5, 0.6) is 0 Å². The fraction of sp³-hybridized carbons (Fsp3) is 0.292. The Bertz CT molecular complexity index is 967. The van der Waals surface area contributed by atoms with Crippen molar-refractivity contribution in [2.75, 3.05) is 13.1 Å². The van der Waals surface area contributed by atoms with Crippen LogP contribution >= 0.6 is 0 Å². The minimum atomic E-state index is -0.213. The molecule has 30 heavy (non-hydrogen) atoms. The molecule has 1 aromatic carbocycles. The maximum atomic E-state index is 13.6. The smallest absolute Gasteiger partial charge is 0.270 e. The summed E-state index contributed by atoms with van der Waals surface area (Å²) in [7, 11) is 0. The van der Waals surface area contributed by atoms with Crippen molar-refractivity contribution in [2.45, 2.75) is 25.4 Å². The van der Waals surface area contributed by atoms with Crippen LogP contribution in [-0.4, -0.2) is 33.9 Å². The van der Waals surface area contributed by atoms with Crippen molar-refractivity contribution in [1.29, 1.82) is 0 Å². The van der Waals surface area contributed by atoms with E-state index in [1.807, 2.05) is 24.3 Å². The van der Waals surface area contributed by atoms with E-state index in [2.05, 4.69) is 20.2 Å². The Labute approximate surface area is 176 Å². The van der Waals surface area contributed by atoms with Crippen molar-refractivity contribution in [3.05, 3.63) is 95.8 Å². The lowest BCUT2D eigenvalue weighted by Crippen LogP contribution is -2.43. The van der Waals surface area contributed by atoms with E-state index in [0.717, 1.165) is 37.2 Å². The number of amides is 1. The highest BCUT2D eigenvalue weighted by Gasteiger charge is 2.31. The van der Waals surface area contributed by atoms with Crippen molar-refractivity contribution in [2.24, 2.45) is 5.92 Å². The van der Waals surface area contributed by atoms with Gasteiger partial charge in [-0.05, 0) is 67.3 Å². The highest BCUT2D eigenvalue weighted by atomic mass is 19.1. The van der Waals surface area contributed by atoms with E-state index in [-0.39, 0.29) is 23.7 Å². The van der Waals surface area contributed by atoms with Crippen LogP contribution in [0.3, 0.4) is 0 Å². The molecule has 6 heteroatoms. The molecule has 1 saturated heterocycles. The summed E-state index contributed by atoms with van der Waals surface area (Å²) in [5.74, 6) is -0.210. The largest absolute Gasteiger partial charge is 0.342 e.